The molecule has 1 atom stereocenters. The van der Waals surface area contributed by atoms with Crippen LogP contribution in [-0.4, -0.2) is 40.0 Å². The summed E-state index contributed by atoms with van der Waals surface area (Å²) in [6.07, 6.45) is 3.68. The van der Waals surface area contributed by atoms with Gasteiger partial charge >= 0.3 is 11.9 Å². The third-order valence-corrected chi connectivity index (χ3v) is 3.52. The summed E-state index contributed by atoms with van der Waals surface area (Å²) in [7, 11) is 0. The van der Waals surface area contributed by atoms with E-state index in [4.69, 9.17) is 10.5 Å². The van der Waals surface area contributed by atoms with Crippen molar-refractivity contribution in [2.75, 3.05) is 6.61 Å². The molecule has 0 amide bonds. The van der Waals surface area contributed by atoms with Gasteiger partial charge in [-0.1, -0.05) is 6.07 Å². The zero-order valence-electron chi connectivity index (χ0n) is 12.6. The van der Waals surface area contributed by atoms with Crippen LogP contribution in [0.25, 0.3) is 0 Å². The van der Waals surface area contributed by atoms with Gasteiger partial charge in [0.1, 0.15) is 6.23 Å². The highest BCUT2D eigenvalue weighted by molar-refractivity contribution is 5.98. The number of pyridine rings is 1. The topological polar surface area (TPSA) is 123 Å². The fourth-order valence-electron chi connectivity index (χ4n) is 2.20. The maximum Gasteiger partial charge on any atom is 0.321 e. The molecule has 4 N–H and O–H groups in total. The number of hydrogen-bond donors (Lipinski definition) is 3. The second kappa shape index (κ2) is 8.45. The van der Waals surface area contributed by atoms with Gasteiger partial charge in [0.05, 0.1) is 6.61 Å². The second-order valence-corrected chi connectivity index (χ2v) is 5.23. The Morgan fingerprint density at radius 2 is 2.05 bits per heavy atom. The summed E-state index contributed by atoms with van der Waals surface area (Å²) < 4.78 is 5.10. The number of aliphatic carboxylic acids is 2. The predicted octanol–water partition coefficient (Wildman–Crippen LogP) is 1.27. The Morgan fingerprint density at radius 3 is 2.55 bits per heavy atom. The van der Waals surface area contributed by atoms with Crippen molar-refractivity contribution in [2.45, 2.75) is 38.8 Å². The number of rotatable bonds is 10. The SMILES string of the molecule is CC(N)OCCC(CCCc1cccnc1)(C(=O)O)C(=O)O. The van der Waals surface area contributed by atoms with E-state index in [1.165, 1.54) is 0 Å². The van der Waals surface area contributed by atoms with Gasteiger partial charge in [-0.25, -0.2) is 0 Å². The van der Waals surface area contributed by atoms with Gasteiger partial charge in [0.25, 0.3) is 0 Å². The molecule has 22 heavy (non-hydrogen) atoms. The Hall–Kier alpha value is -1.99. The number of aryl methyl sites for hydroxylation is 1. The molecule has 1 heterocycles. The lowest BCUT2D eigenvalue weighted by molar-refractivity contribution is -0.167. The van der Waals surface area contributed by atoms with Gasteiger partial charge in [-0.05, 0) is 44.2 Å². The van der Waals surface area contributed by atoms with Crippen molar-refractivity contribution in [3.63, 3.8) is 0 Å². The van der Waals surface area contributed by atoms with E-state index in [-0.39, 0.29) is 19.4 Å². The summed E-state index contributed by atoms with van der Waals surface area (Å²) in [6.45, 7) is 1.59. The molecule has 0 aliphatic carbocycles. The van der Waals surface area contributed by atoms with E-state index in [1.807, 2.05) is 6.07 Å². The van der Waals surface area contributed by atoms with E-state index >= 15 is 0 Å². The summed E-state index contributed by atoms with van der Waals surface area (Å²) in [5.74, 6) is -2.70. The van der Waals surface area contributed by atoms with E-state index in [1.54, 1.807) is 25.4 Å². The van der Waals surface area contributed by atoms with Crippen LogP contribution in [-0.2, 0) is 20.7 Å². The van der Waals surface area contributed by atoms with Crippen molar-refractivity contribution in [3.8, 4) is 0 Å². The number of carbonyl (C=O) groups is 2. The van der Waals surface area contributed by atoms with E-state index in [0.29, 0.717) is 12.8 Å². The number of ether oxygens (including phenoxy) is 1. The van der Waals surface area contributed by atoms with Crippen LogP contribution in [0.5, 0.6) is 0 Å². The van der Waals surface area contributed by atoms with Crippen molar-refractivity contribution in [3.05, 3.63) is 30.1 Å². The number of aromatic nitrogens is 1. The van der Waals surface area contributed by atoms with Crippen molar-refractivity contribution in [2.24, 2.45) is 11.1 Å². The van der Waals surface area contributed by atoms with Crippen LogP contribution in [0, 0.1) is 5.41 Å². The molecule has 0 fully saturated rings. The van der Waals surface area contributed by atoms with Crippen LogP contribution < -0.4 is 5.73 Å². The van der Waals surface area contributed by atoms with Gasteiger partial charge in [-0.3, -0.25) is 14.6 Å². The molecule has 1 unspecified atom stereocenters. The Bertz CT molecular complexity index is 476. The highest BCUT2D eigenvalue weighted by atomic mass is 16.5. The fourth-order valence-corrected chi connectivity index (χ4v) is 2.20. The van der Waals surface area contributed by atoms with Crippen LogP contribution in [0.2, 0.25) is 0 Å². The molecule has 1 rings (SSSR count). The zero-order valence-corrected chi connectivity index (χ0v) is 12.6. The van der Waals surface area contributed by atoms with Crippen LogP contribution in [0.4, 0.5) is 0 Å². The number of carboxylic acids is 2. The van der Waals surface area contributed by atoms with E-state index < -0.39 is 23.6 Å². The zero-order chi connectivity index (χ0) is 16.6. The van der Waals surface area contributed by atoms with Crippen molar-refractivity contribution >= 4 is 11.9 Å². The first-order valence-electron chi connectivity index (χ1n) is 7.11. The van der Waals surface area contributed by atoms with Crippen LogP contribution >= 0.6 is 0 Å². The smallest absolute Gasteiger partial charge is 0.321 e. The van der Waals surface area contributed by atoms with E-state index in [9.17, 15) is 19.8 Å². The van der Waals surface area contributed by atoms with Crippen molar-refractivity contribution < 1.29 is 24.5 Å². The average Bonchev–Trinajstić information content (AvgIpc) is 2.45. The number of nitrogens with zero attached hydrogens (tertiary/aromatic N) is 1. The summed E-state index contributed by atoms with van der Waals surface area (Å²) >= 11 is 0. The summed E-state index contributed by atoms with van der Waals surface area (Å²) in [4.78, 5) is 27.0. The van der Waals surface area contributed by atoms with Gasteiger partial charge in [-0.2, -0.15) is 0 Å². The second-order valence-electron chi connectivity index (χ2n) is 5.23. The van der Waals surface area contributed by atoms with Gasteiger partial charge in [0.2, 0.25) is 0 Å². The molecule has 1 aromatic rings. The predicted molar refractivity (Wildman–Crippen MR) is 79.1 cm³/mol. The molecule has 0 aliphatic rings. The van der Waals surface area contributed by atoms with Crippen LogP contribution in [0.15, 0.2) is 24.5 Å². The lowest BCUT2D eigenvalue weighted by Gasteiger charge is -2.25. The summed E-state index contributed by atoms with van der Waals surface area (Å²) in [5.41, 5.74) is 4.52. The summed E-state index contributed by atoms with van der Waals surface area (Å²) in [5, 5.41) is 18.8. The van der Waals surface area contributed by atoms with Crippen molar-refractivity contribution in [1.82, 2.24) is 4.98 Å². The van der Waals surface area contributed by atoms with Crippen LogP contribution in [0.1, 0.15) is 31.7 Å². The average molecular weight is 310 g/mol. The standard InChI is InChI=1S/C15H22N2O5/c1-11(16)22-9-7-15(13(18)19,14(20)21)6-2-4-12-5-3-8-17-10-12/h3,5,8,10-11H,2,4,6-7,9,16H2,1H3,(H,18,19)(H,20,21). The maximum absolute atomic E-state index is 11.5. The minimum Gasteiger partial charge on any atom is -0.480 e. The molecule has 0 aromatic carbocycles. The molecular formula is C15H22N2O5. The largest absolute Gasteiger partial charge is 0.480 e. The number of hydrogen-bond acceptors (Lipinski definition) is 5. The van der Waals surface area contributed by atoms with Gasteiger partial charge in [0.15, 0.2) is 5.41 Å². The Kier molecular flexibility index (Phi) is 6.94. The molecule has 1 aromatic heterocycles. The molecule has 0 aliphatic heterocycles. The Morgan fingerprint density at radius 1 is 1.36 bits per heavy atom. The normalized spacial score (nSPS) is 12.8. The maximum atomic E-state index is 11.5. The first-order chi connectivity index (χ1) is 10.4. The summed E-state index contributed by atoms with van der Waals surface area (Å²) in [6, 6.07) is 3.66. The van der Waals surface area contributed by atoms with Gasteiger partial charge in [0, 0.05) is 12.4 Å². The van der Waals surface area contributed by atoms with Gasteiger partial charge < -0.3 is 20.7 Å². The lowest BCUT2D eigenvalue weighted by Crippen LogP contribution is -2.41. The van der Waals surface area contributed by atoms with Crippen LogP contribution in [0.3, 0.4) is 0 Å². The molecule has 7 heteroatoms. The molecule has 0 bridgehead atoms. The highest BCUT2D eigenvalue weighted by Crippen LogP contribution is 2.30. The minimum absolute atomic E-state index is 0.0108. The van der Waals surface area contributed by atoms with Gasteiger partial charge in [-0.15, -0.1) is 0 Å². The quantitative estimate of drug-likeness (QED) is 0.439. The highest BCUT2D eigenvalue weighted by Gasteiger charge is 2.45. The number of nitrogens with two attached hydrogens (primary N) is 1. The molecule has 7 nitrogen and oxygen atoms in total. The fraction of sp³-hybridized carbons (Fsp3) is 0.533. The van der Waals surface area contributed by atoms with Crippen molar-refractivity contribution in [1.29, 1.82) is 0 Å². The minimum atomic E-state index is -1.85. The monoisotopic (exact) mass is 310 g/mol. The molecule has 0 saturated heterocycles. The molecular weight excluding hydrogens is 288 g/mol. The third kappa shape index (κ3) is 5.09. The Labute approximate surface area is 129 Å². The van der Waals surface area contributed by atoms with E-state index in [2.05, 4.69) is 4.98 Å². The third-order valence-electron chi connectivity index (χ3n) is 3.52. The molecule has 0 spiro atoms. The number of carboxylic acid groups (broad SMARTS) is 2. The molecule has 0 radical (unpaired) electrons. The first-order valence-corrected chi connectivity index (χ1v) is 7.11. The molecule has 0 saturated carbocycles. The first kappa shape index (κ1) is 18.1. The van der Waals surface area contributed by atoms with E-state index in [0.717, 1.165) is 5.56 Å². The lowest BCUT2D eigenvalue weighted by atomic mass is 9.79. The Balaban J connectivity index is 2.68. The molecule has 122 valence electrons.